The van der Waals surface area contributed by atoms with Crippen LogP contribution in [0.25, 0.3) is 0 Å². The van der Waals surface area contributed by atoms with Gasteiger partial charge in [-0.2, -0.15) is 0 Å². The smallest absolute Gasteiger partial charge is 0.0241 e. The van der Waals surface area contributed by atoms with Gasteiger partial charge in [-0.1, -0.05) is 26.7 Å². The van der Waals surface area contributed by atoms with Gasteiger partial charge in [0.2, 0.25) is 0 Å². The molecule has 0 aromatic carbocycles. The Morgan fingerprint density at radius 2 is 1.62 bits per heavy atom. The molecule has 1 heterocycles. The molecule has 0 aromatic heterocycles. The Morgan fingerprint density at radius 3 is 2.06 bits per heavy atom. The molecule has 2 N–H and O–H groups in total. The van der Waals surface area contributed by atoms with Crippen molar-refractivity contribution in [3.63, 3.8) is 0 Å². The molecule has 2 aliphatic rings. The molecule has 0 aromatic rings. The SMILES string of the molecule is CC(C)C(CN)N1CCC2(CCCC2)CC1. The summed E-state index contributed by atoms with van der Waals surface area (Å²) in [6.45, 7) is 8.01. The zero-order chi connectivity index (χ0) is 11.6. The molecule has 2 rings (SSSR count). The fourth-order valence-electron chi connectivity index (χ4n) is 3.80. The highest BCUT2D eigenvalue weighted by molar-refractivity contribution is 4.91. The van der Waals surface area contributed by atoms with Crippen LogP contribution in [0, 0.1) is 11.3 Å². The van der Waals surface area contributed by atoms with Gasteiger partial charge in [-0.15, -0.1) is 0 Å². The lowest BCUT2D eigenvalue weighted by atomic mass is 9.76. The summed E-state index contributed by atoms with van der Waals surface area (Å²) in [6.07, 6.45) is 8.80. The van der Waals surface area contributed by atoms with Gasteiger partial charge in [-0.25, -0.2) is 0 Å². The predicted molar refractivity (Wildman–Crippen MR) is 69.4 cm³/mol. The van der Waals surface area contributed by atoms with Crippen LogP contribution in [0.2, 0.25) is 0 Å². The van der Waals surface area contributed by atoms with E-state index < -0.39 is 0 Å². The van der Waals surface area contributed by atoms with Crippen molar-refractivity contribution in [1.82, 2.24) is 4.90 Å². The van der Waals surface area contributed by atoms with Crippen LogP contribution in [0.1, 0.15) is 52.4 Å². The molecular weight excluding hydrogens is 196 g/mol. The van der Waals surface area contributed by atoms with Crippen LogP contribution < -0.4 is 5.73 Å². The van der Waals surface area contributed by atoms with E-state index in [2.05, 4.69) is 18.7 Å². The molecule has 1 saturated carbocycles. The topological polar surface area (TPSA) is 29.3 Å². The Balaban J connectivity index is 1.88. The lowest BCUT2D eigenvalue weighted by molar-refractivity contribution is 0.0619. The molecule has 1 aliphatic carbocycles. The van der Waals surface area contributed by atoms with E-state index in [1.807, 2.05) is 0 Å². The molecule has 0 bridgehead atoms. The van der Waals surface area contributed by atoms with Crippen molar-refractivity contribution in [2.24, 2.45) is 17.1 Å². The molecule has 2 nitrogen and oxygen atoms in total. The lowest BCUT2D eigenvalue weighted by Gasteiger charge is -2.43. The zero-order valence-electron chi connectivity index (χ0n) is 11.0. The monoisotopic (exact) mass is 224 g/mol. The number of nitrogens with zero attached hydrogens (tertiary/aromatic N) is 1. The average Bonchev–Trinajstić information content (AvgIpc) is 2.70. The molecule has 0 radical (unpaired) electrons. The molecule has 94 valence electrons. The first-order valence-corrected chi connectivity index (χ1v) is 7.11. The van der Waals surface area contributed by atoms with Crippen molar-refractivity contribution >= 4 is 0 Å². The normalized spacial score (nSPS) is 27.8. The third kappa shape index (κ3) is 2.43. The number of hydrogen-bond acceptors (Lipinski definition) is 2. The van der Waals surface area contributed by atoms with Crippen LogP contribution in [0.15, 0.2) is 0 Å². The molecule has 16 heavy (non-hydrogen) atoms. The van der Waals surface area contributed by atoms with Crippen LogP contribution in [0.5, 0.6) is 0 Å². The van der Waals surface area contributed by atoms with Crippen molar-refractivity contribution < 1.29 is 0 Å². The highest BCUT2D eigenvalue weighted by atomic mass is 15.2. The minimum absolute atomic E-state index is 0.610. The van der Waals surface area contributed by atoms with Gasteiger partial charge in [0.15, 0.2) is 0 Å². The molecule has 2 heteroatoms. The van der Waals surface area contributed by atoms with E-state index in [1.54, 1.807) is 0 Å². The second-order valence-corrected chi connectivity index (χ2v) is 6.29. The Hall–Kier alpha value is -0.0800. The van der Waals surface area contributed by atoms with Gasteiger partial charge in [-0.05, 0) is 50.1 Å². The summed E-state index contributed by atoms with van der Waals surface area (Å²) < 4.78 is 0. The van der Waals surface area contributed by atoms with Crippen LogP contribution in [-0.4, -0.2) is 30.6 Å². The fourth-order valence-corrected chi connectivity index (χ4v) is 3.80. The summed E-state index contributed by atoms with van der Waals surface area (Å²) in [5.74, 6) is 0.697. The maximum atomic E-state index is 5.91. The van der Waals surface area contributed by atoms with Crippen LogP contribution in [0.4, 0.5) is 0 Å². The average molecular weight is 224 g/mol. The van der Waals surface area contributed by atoms with Gasteiger partial charge in [0.1, 0.15) is 0 Å². The van der Waals surface area contributed by atoms with Gasteiger partial charge in [0.05, 0.1) is 0 Å². The second-order valence-electron chi connectivity index (χ2n) is 6.29. The first-order valence-electron chi connectivity index (χ1n) is 7.11. The second kappa shape index (κ2) is 5.05. The molecule has 1 saturated heterocycles. The van der Waals surface area contributed by atoms with E-state index in [1.165, 1.54) is 51.6 Å². The summed E-state index contributed by atoms with van der Waals surface area (Å²) in [6, 6.07) is 0.610. The molecular formula is C14H28N2. The quantitative estimate of drug-likeness (QED) is 0.798. The number of piperidine rings is 1. The third-order valence-electron chi connectivity index (χ3n) is 5.00. The molecule has 1 aliphatic heterocycles. The van der Waals surface area contributed by atoms with E-state index >= 15 is 0 Å². The van der Waals surface area contributed by atoms with Crippen LogP contribution in [0.3, 0.4) is 0 Å². The first-order chi connectivity index (χ1) is 7.67. The van der Waals surface area contributed by atoms with E-state index in [4.69, 9.17) is 5.73 Å². The first kappa shape index (κ1) is 12.4. The Morgan fingerprint density at radius 1 is 1.06 bits per heavy atom. The van der Waals surface area contributed by atoms with E-state index in [9.17, 15) is 0 Å². The summed E-state index contributed by atoms with van der Waals surface area (Å²) in [7, 11) is 0. The minimum atomic E-state index is 0.610. The molecule has 1 unspecified atom stereocenters. The third-order valence-corrected chi connectivity index (χ3v) is 5.00. The van der Waals surface area contributed by atoms with Gasteiger partial charge in [-0.3, -0.25) is 4.90 Å². The van der Waals surface area contributed by atoms with Crippen molar-refractivity contribution in [3.8, 4) is 0 Å². The number of rotatable bonds is 3. The zero-order valence-corrected chi connectivity index (χ0v) is 11.0. The fraction of sp³-hybridized carbons (Fsp3) is 1.00. The standard InChI is InChI=1S/C14H28N2/c1-12(2)13(11-15)16-9-7-14(8-10-16)5-3-4-6-14/h12-13H,3-11,15H2,1-2H3. The summed E-state index contributed by atoms with van der Waals surface area (Å²) in [4.78, 5) is 2.65. The Bertz CT molecular complexity index is 209. The summed E-state index contributed by atoms with van der Waals surface area (Å²) in [5, 5.41) is 0. The van der Waals surface area contributed by atoms with Crippen molar-refractivity contribution in [2.45, 2.75) is 58.4 Å². The summed E-state index contributed by atoms with van der Waals surface area (Å²) >= 11 is 0. The number of likely N-dealkylation sites (tertiary alicyclic amines) is 1. The van der Waals surface area contributed by atoms with Crippen molar-refractivity contribution in [2.75, 3.05) is 19.6 Å². The van der Waals surface area contributed by atoms with Gasteiger partial charge < -0.3 is 5.73 Å². The Kier molecular flexibility index (Phi) is 3.91. The predicted octanol–water partition coefficient (Wildman–Crippen LogP) is 2.63. The van der Waals surface area contributed by atoms with Crippen molar-refractivity contribution in [1.29, 1.82) is 0 Å². The van der Waals surface area contributed by atoms with Gasteiger partial charge >= 0.3 is 0 Å². The summed E-state index contributed by atoms with van der Waals surface area (Å²) in [5.41, 5.74) is 6.65. The highest BCUT2D eigenvalue weighted by Gasteiger charge is 2.38. The molecule has 1 atom stereocenters. The maximum Gasteiger partial charge on any atom is 0.0241 e. The number of hydrogen-bond donors (Lipinski definition) is 1. The van der Waals surface area contributed by atoms with E-state index in [0.717, 1.165) is 12.0 Å². The largest absolute Gasteiger partial charge is 0.329 e. The van der Waals surface area contributed by atoms with E-state index in [0.29, 0.717) is 12.0 Å². The molecule has 2 fully saturated rings. The van der Waals surface area contributed by atoms with Crippen LogP contribution in [-0.2, 0) is 0 Å². The van der Waals surface area contributed by atoms with Gasteiger partial charge in [0.25, 0.3) is 0 Å². The maximum absolute atomic E-state index is 5.91. The van der Waals surface area contributed by atoms with Crippen molar-refractivity contribution in [3.05, 3.63) is 0 Å². The van der Waals surface area contributed by atoms with E-state index in [-0.39, 0.29) is 0 Å². The lowest BCUT2D eigenvalue weighted by Crippen LogP contribution is -2.49. The van der Waals surface area contributed by atoms with Crippen LogP contribution >= 0.6 is 0 Å². The molecule has 1 spiro atoms. The minimum Gasteiger partial charge on any atom is -0.329 e. The number of nitrogens with two attached hydrogens (primary N) is 1. The van der Waals surface area contributed by atoms with Gasteiger partial charge in [0, 0.05) is 12.6 Å². The molecule has 0 amide bonds. The highest BCUT2D eigenvalue weighted by Crippen LogP contribution is 2.46. The Labute approximate surface area is 101 Å².